The molecule has 0 aromatic carbocycles. The molecule has 1 aromatic rings. The molecule has 0 spiro atoms. The highest BCUT2D eigenvalue weighted by atomic mass is 16.6. The molecular formula is C52H79N5O12. The average Bonchev–Trinajstić information content (AvgIpc) is 3.88. The van der Waals surface area contributed by atoms with Gasteiger partial charge in [0.15, 0.2) is 12.1 Å². The monoisotopic (exact) mass is 966 g/mol. The lowest BCUT2D eigenvalue weighted by molar-refractivity contribution is -0.265. The number of nitrogens with zero attached hydrogens (tertiary/aromatic N) is 5. The van der Waals surface area contributed by atoms with Crippen LogP contribution in [0.1, 0.15) is 132 Å². The molecule has 5 rings (SSSR count). The lowest BCUT2D eigenvalue weighted by atomic mass is 9.77. The molecule has 1 aliphatic carbocycles. The summed E-state index contributed by atoms with van der Waals surface area (Å²) < 4.78 is 29.9. The van der Waals surface area contributed by atoms with Crippen molar-refractivity contribution in [1.82, 2.24) is 25.1 Å². The van der Waals surface area contributed by atoms with E-state index in [9.17, 15) is 34.2 Å². The number of piperidine rings is 1. The van der Waals surface area contributed by atoms with E-state index in [-0.39, 0.29) is 60.9 Å². The second kappa shape index (κ2) is 25.7. The van der Waals surface area contributed by atoms with Crippen LogP contribution < -0.4 is 0 Å². The van der Waals surface area contributed by atoms with E-state index >= 15 is 0 Å². The Morgan fingerprint density at radius 1 is 0.884 bits per heavy atom. The minimum absolute atomic E-state index is 0.0168. The molecule has 4 aliphatic rings. The van der Waals surface area contributed by atoms with Gasteiger partial charge in [-0.2, -0.15) is 4.80 Å². The highest BCUT2D eigenvalue weighted by Crippen LogP contribution is 2.39. The van der Waals surface area contributed by atoms with E-state index in [4.69, 9.17) is 23.7 Å². The molecule has 384 valence electrons. The number of cyclic esters (lactones) is 1. The summed E-state index contributed by atoms with van der Waals surface area (Å²) in [5.74, 6) is -7.94. The normalized spacial score (nSPS) is 38.8. The fraction of sp³-hybridized carbons (Fsp3) is 0.731. The van der Waals surface area contributed by atoms with Gasteiger partial charge in [-0.25, -0.2) is 4.79 Å². The number of ketones is 3. The number of hydrogen-bond donors (Lipinski definition) is 2. The van der Waals surface area contributed by atoms with Crippen LogP contribution >= 0.6 is 0 Å². The summed E-state index contributed by atoms with van der Waals surface area (Å²) in [6, 6.07) is -1.24. The summed E-state index contributed by atoms with van der Waals surface area (Å²) in [4.78, 5) is 73.9. The number of methoxy groups -OCH3 is 3. The van der Waals surface area contributed by atoms with Crippen molar-refractivity contribution in [3.8, 4) is 0 Å². The summed E-state index contributed by atoms with van der Waals surface area (Å²) in [6.07, 6.45) is 13.7. The highest BCUT2D eigenvalue weighted by molar-refractivity contribution is 6.39. The van der Waals surface area contributed by atoms with Gasteiger partial charge in [-0.1, -0.05) is 71.1 Å². The predicted octanol–water partition coefficient (Wildman–Crippen LogP) is 6.05. The maximum Gasteiger partial charge on any atom is 0.329 e. The predicted molar refractivity (Wildman–Crippen MR) is 256 cm³/mol. The summed E-state index contributed by atoms with van der Waals surface area (Å²) in [7, 11) is 4.61. The summed E-state index contributed by atoms with van der Waals surface area (Å²) >= 11 is 0. The number of ether oxygens (including phenoxy) is 5. The molecule has 1 amide bonds. The van der Waals surface area contributed by atoms with Gasteiger partial charge in [-0.15, -0.1) is 10.2 Å². The van der Waals surface area contributed by atoms with Crippen LogP contribution in [0.2, 0.25) is 0 Å². The maximum atomic E-state index is 14.5. The molecule has 17 nitrogen and oxygen atoms in total. The topological polar surface area (TPSA) is 219 Å². The number of rotatable bonds is 7. The Balaban J connectivity index is 1.46. The van der Waals surface area contributed by atoms with Crippen LogP contribution in [-0.2, 0) is 47.7 Å². The van der Waals surface area contributed by atoms with Gasteiger partial charge in [0.1, 0.15) is 30.1 Å². The first-order valence-electron chi connectivity index (χ1n) is 25.0. The Morgan fingerprint density at radius 2 is 1.64 bits per heavy atom. The van der Waals surface area contributed by atoms with Crippen LogP contribution in [0.5, 0.6) is 0 Å². The second-order valence-electron chi connectivity index (χ2n) is 20.3. The molecule has 3 fully saturated rings. The van der Waals surface area contributed by atoms with E-state index < -0.39 is 77.8 Å². The van der Waals surface area contributed by atoms with E-state index in [2.05, 4.69) is 15.4 Å². The Morgan fingerprint density at radius 3 is 2.32 bits per heavy atom. The van der Waals surface area contributed by atoms with Gasteiger partial charge in [0, 0.05) is 58.5 Å². The summed E-state index contributed by atoms with van der Waals surface area (Å²) in [5.41, 5.74) is 1.27. The number of aromatic nitrogens is 4. The van der Waals surface area contributed by atoms with Crippen LogP contribution in [0.15, 0.2) is 53.9 Å². The van der Waals surface area contributed by atoms with Crippen LogP contribution in [0.4, 0.5) is 0 Å². The molecule has 2 N–H and O–H groups in total. The Hall–Kier alpha value is -4.26. The number of aliphatic hydroxyl groups is 2. The number of fused-ring (bicyclic) bond motifs is 3. The largest absolute Gasteiger partial charge is 0.460 e. The summed E-state index contributed by atoms with van der Waals surface area (Å²) in [5, 5.41) is 35.7. The van der Waals surface area contributed by atoms with E-state index in [0.717, 1.165) is 18.4 Å². The third-order valence-electron chi connectivity index (χ3n) is 15.1. The quantitative estimate of drug-likeness (QED) is 0.181. The number of Topliss-reactive ketones (excluding diaryl/α,β-unsaturated/α-hetero) is 3. The molecule has 69 heavy (non-hydrogen) atoms. The fourth-order valence-electron chi connectivity index (χ4n) is 10.7. The van der Waals surface area contributed by atoms with E-state index in [1.807, 2.05) is 58.1 Å². The van der Waals surface area contributed by atoms with Crippen molar-refractivity contribution in [1.29, 1.82) is 0 Å². The molecule has 1 aromatic heterocycles. The van der Waals surface area contributed by atoms with Gasteiger partial charge in [0.2, 0.25) is 5.79 Å². The zero-order chi connectivity index (χ0) is 50.6. The first-order valence-corrected chi connectivity index (χ1v) is 25.0. The zero-order valence-corrected chi connectivity index (χ0v) is 42.5. The first-order chi connectivity index (χ1) is 32.8. The van der Waals surface area contributed by atoms with Crippen LogP contribution in [0, 0.1) is 35.5 Å². The van der Waals surface area contributed by atoms with E-state index in [0.29, 0.717) is 56.9 Å². The van der Waals surface area contributed by atoms with Gasteiger partial charge in [0.05, 0.1) is 24.4 Å². The fourth-order valence-corrected chi connectivity index (χ4v) is 10.7. The first kappa shape index (κ1) is 55.7. The van der Waals surface area contributed by atoms with Gasteiger partial charge >= 0.3 is 5.97 Å². The molecule has 17 heteroatoms. The number of carbonyl (C=O) groups is 5. The Bertz CT molecular complexity index is 2020. The maximum absolute atomic E-state index is 14.5. The third-order valence-corrected chi connectivity index (χ3v) is 15.1. The summed E-state index contributed by atoms with van der Waals surface area (Å²) in [6.45, 7) is 12.8. The standard InChI is InChI=1S/C52H79N5O12/c1-31-16-12-11-13-17-32(2)43(65-8)28-39-21-19-37(7)52(64,69-39)49(61)50(62)56-23-15-14-18-41(56)51(63)68-44(34(4)26-38-20-22-40(45(27-38)66-9)57-54-30-53-55-57)29-42(58)33(3)25-36(6)47(60)48(67-10)46(59)35(5)24-31/h11-13,16-17,25,30-31,33-35,37-41,43-45,47-48,60,64H,14-15,18-24,26-29H2,1-10H3/b13-11+,16-12+,32-17+,36-25+/t31-,33-,34-,35+,37-,38+,39+,40+,41+,43+,44+,45-,47-,48+,52?/m1/s1. The van der Waals surface area contributed by atoms with Crippen molar-refractivity contribution in [2.75, 3.05) is 27.9 Å². The minimum Gasteiger partial charge on any atom is -0.460 e. The number of aliphatic hydroxyl groups excluding tert-OH is 1. The SMILES string of the molecule is CO[C@H]1C[C@@H]2CC[C@@H](C)C(O)(O2)C(=O)C(=O)N2CCCC[C@H]2C(=O)O[C@H]([C@H](C)C[C@@H]2CC[C@H](n3ncnn3)[C@H](OC)C2)CC(=O)[C@H](C)/C=C(\C)[C@@H](O)[C@@H](OC)C(=O)[C@@H](C)C[C@H](C)/C=C/C=C/C=C/1C. The second-order valence-corrected chi connectivity index (χ2v) is 20.3. The average molecular weight is 966 g/mol. The Labute approximate surface area is 408 Å². The molecule has 2 saturated heterocycles. The number of esters is 1. The lowest BCUT2D eigenvalue weighted by Crippen LogP contribution is -2.61. The number of hydrogen-bond acceptors (Lipinski definition) is 15. The van der Waals surface area contributed by atoms with E-state index in [1.54, 1.807) is 45.9 Å². The molecular weight excluding hydrogens is 887 g/mol. The molecule has 3 aliphatic heterocycles. The number of allylic oxidation sites excluding steroid dienone is 6. The number of carbonyl (C=O) groups excluding carboxylic acids is 5. The molecule has 4 heterocycles. The van der Waals surface area contributed by atoms with Crippen molar-refractivity contribution in [2.24, 2.45) is 35.5 Å². The van der Waals surface area contributed by atoms with Crippen LogP contribution in [-0.4, -0.2) is 141 Å². The third kappa shape index (κ3) is 14.2. The minimum atomic E-state index is -2.43. The number of tetrazole rings is 1. The van der Waals surface area contributed by atoms with Crippen molar-refractivity contribution < 1.29 is 57.9 Å². The van der Waals surface area contributed by atoms with Crippen molar-refractivity contribution in [2.45, 2.75) is 180 Å². The van der Waals surface area contributed by atoms with Gasteiger partial charge in [-0.05, 0) is 112 Å². The zero-order valence-electron chi connectivity index (χ0n) is 42.5. The van der Waals surface area contributed by atoms with Crippen LogP contribution in [0.3, 0.4) is 0 Å². The molecule has 1 saturated carbocycles. The number of amides is 1. The van der Waals surface area contributed by atoms with Crippen molar-refractivity contribution >= 4 is 29.2 Å². The molecule has 2 bridgehead atoms. The van der Waals surface area contributed by atoms with Crippen molar-refractivity contribution in [3.05, 3.63) is 53.9 Å². The molecule has 0 radical (unpaired) electrons. The van der Waals surface area contributed by atoms with Gasteiger partial charge in [-0.3, -0.25) is 19.2 Å². The smallest absolute Gasteiger partial charge is 0.329 e. The van der Waals surface area contributed by atoms with E-state index in [1.165, 1.54) is 18.3 Å². The van der Waals surface area contributed by atoms with Gasteiger partial charge in [0.25, 0.3) is 11.7 Å². The highest BCUT2D eigenvalue weighted by Gasteiger charge is 2.53. The lowest BCUT2D eigenvalue weighted by Gasteiger charge is -2.42. The molecule has 1 unspecified atom stereocenters. The molecule has 15 atom stereocenters. The van der Waals surface area contributed by atoms with Crippen molar-refractivity contribution in [3.63, 3.8) is 0 Å². The van der Waals surface area contributed by atoms with Crippen LogP contribution in [0.25, 0.3) is 0 Å². The Kier molecular flexibility index (Phi) is 20.8. The van der Waals surface area contributed by atoms with Gasteiger partial charge < -0.3 is 38.8 Å².